The van der Waals surface area contributed by atoms with Crippen molar-refractivity contribution in [3.05, 3.63) is 40.4 Å². The standard InChI is InChI=1S/C19H23N3O4/c1-12(19(25)26)11-22(13-9-10-13)17(23)8-4-7-16-20-15-6-3-2-5-14(15)18(24)21-16/h2-3,5-6,12-13H,4,7-11H2,1H3,(H,25,26)(H,20,21,24). The molecule has 1 heterocycles. The van der Waals surface area contributed by atoms with Gasteiger partial charge in [-0.3, -0.25) is 14.4 Å². The van der Waals surface area contributed by atoms with Gasteiger partial charge in [-0.25, -0.2) is 4.98 Å². The zero-order valence-corrected chi connectivity index (χ0v) is 14.8. The normalized spacial score (nSPS) is 15.0. The number of para-hydroxylation sites is 1. The van der Waals surface area contributed by atoms with Crippen molar-refractivity contribution in [2.24, 2.45) is 5.92 Å². The van der Waals surface area contributed by atoms with Gasteiger partial charge in [-0.05, 0) is 31.4 Å². The van der Waals surface area contributed by atoms with Crippen LogP contribution < -0.4 is 5.56 Å². The molecule has 1 atom stereocenters. The number of aromatic amines is 1. The monoisotopic (exact) mass is 357 g/mol. The summed E-state index contributed by atoms with van der Waals surface area (Å²) in [6.45, 7) is 1.87. The van der Waals surface area contributed by atoms with E-state index in [4.69, 9.17) is 5.11 Å². The third-order valence-electron chi connectivity index (χ3n) is 4.67. The van der Waals surface area contributed by atoms with E-state index in [-0.39, 0.29) is 24.1 Å². The summed E-state index contributed by atoms with van der Waals surface area (Å²) in [5.41, 5.74) is 0.472. The number of aliphatic carboxylic acids is 1. The van der Waals surface area contributed by atoms with Crippen molar-refractivity contribution in [1.82, 2.24) is 14.9 Å². The van der Waals surface area contributed by atoms with Crippen molar-refractivity contribution in [2.75, 3.05) is 6.54 Å². The first-order valence-corrected chi connectivity index (χ1v) is 8.96. The third kappa shape index (κ3) is 4.28. The molecule has 2 N–H and O–H groups in total. The average molecular weight is 357 g/mol. The number of fused-ring (bicyclic) bond motifs is 1. The Kier molecular flexibility index (Phi) is 5.35. The van der Waals surface area contributed by atoms with Gasteiger partial charge < -0.3 is 15.0 Å². The lowest BCUT2D eigenvalue weighted by atomic mass is 10.1. The van der Waals surface area contributed by atoms with Gasteiger partial charge in [-0.15, -0.1) is 0 Å². The van der Waals surface area contributed by atoms with Gasteiger partial charge in [0.2, 0.25) is 5.91 Å². The fraction of sp³-hybridized carbons (Fsp3) is 0.474. The number of nitrogens with one attached hydrogen (secondary N) is 1. The summed E-state index contributed by atoms with van der Waals surface area (Å²) in [6, 6.07) is 7.33. The Morgan fingerprint density at radius 2 is 2.08 bits per heavy atom. The number of carbonyl (C=O) groups is 2. The van der Waals surface area contributed by atoms with Crippen molar-refractivity contribution < 1.29 is 14.7 Å². The molecule has 0 spiro atoms. The van der Waals surface area contributed by atoms with Gasteiger partial charge in [0.25, 0.3) is 5.56 Å². The van der Waals surface area contributed by atoms with E-state index in [1.54, 1.807) is 30.0 Å². The number of hydrogen-bond donors (Lipinski definition) is 2. The van der Waals surface area contributed by atoms with Crippen molar-refractivity contribution in [2.45, 2.75) is 45.1 Å². The maximum atomic E-state index is 12.5. The molecular formula is C19H23N3O4. The Bertz CT molecular complexity index is 872. The third-order valence-corrected chi connectivity index (χ3v) is 4.67. The Hall–Kier alpha value is -2.70. The van der Waals surface area contributed by atoms with E-state index in [9.17, 15) is 14.4 Å². The second-order valence-corrected chi connectivity index (χ2v) is 6.90. The summed E-state index contributed by atoms with van der Waals surface area (Å²) < 4.78 is 0. The molecular weight excluding hydrogens is 334 g/mol. The van der Waals surface area contributed by atoms with E-state index in [1.165, 1.54) is 0 Å². The van der Waals surface area contributed by atoms with Crippen molar-refractivity contribution in [3.8, 4) is 0 Å². The lowest BCUT2D eigenvalue weighted by molar-refractivity contribution is -0.143. The second-order valence-electron chi connectivity index (χ2n) is 6.90. The number of aromatic nitrogens is 2. The summed E-state index contributed by atoms with van der Waals surface area (Å²) in [5.74, 6) is -0.915. The number of hydrogen-bond acceptors (Lipinski definition) is 4. The van der Waals surface area contributed by atoms with Gasteiger partial charge in [0.1, 0.15) is 5.82 Å². The van der Waals surface area contributed by atoms with Crippen LogP contribution in [0.1, 0.15) is 38.4 Å². The molecule has 1 saturated carbocycles. The maximum Gasteiger partial charge on any atom is 0.308 e. The zero-order chi connectivity index (χ0) is 18.7. The van der Waals surface area contributed by atoms with Crippen LogP contribution in [0.2, 0.25) is 0 Å². The van der Waals surface area contributed by atoms with Gasteiger partial charge in [-0.2, -0.15) is 0 Å². The number of amides is 1. The number of H-pyrrole nitrogens is 1. The number of carboxylic acids is 1. The van der Waals surface area contributed by atoms with Crippen LogP contribution in [-0.4, -0.2) is 44.4 Å². The molecule has 0 aliphatic heterocycles. The van der Waals surface area contributed by atoms with E-state index in [2.05, 4.69) is 9.97 Å². The van der Waals surface area contributed by atoms with Gasteiger partial charge >= 0.3 is 5.97 Å². The van der Waals surface area contributed by atoms with Crippen molar-refractivity contribution in [3.63, 3.8) is 0 Å². The minimum Gasteiger partial charge on any atom is -0.481 e. The van der Waals surface area contributed by atoms with Crippen molar-refractivity contribution in [1.29, 1.82) is 0 Å². The second kappa shape index (κ2) is 7.68. The summed E-state index contributed by atoms with van der Waals surface area (Å²) >= 11 is 0. The van der Waals surface area contributed by atoms with Crippen molar-refractivity contribution >= 4 is 22.8 Å². The predicted molar refractivity (Wildman–Crippen MR) is 96.8 cm³/mol. The molecule has 138 valence electrons. The van der Waals surface area contributed by atoms with Crippen LogP contribution in [0.15, 0.2) is 29.1 Å². The van der Waals surface area contributed by atoms with Crippen LogP contribution in [0.3, 0.4) is 0 Å². The highest BCUT2D eigenvalue weighted by Gasteiger charge is 2.34. The topological polar surface area (TPSA) is 103 Å². The maximum absolute atomic E-state index is 12.5. The molecule has 7 nitrogen and oxygen atoms in total. The van der Waals surface area contributed by atoms with Crippen LogP contribution in [0.4, 0.5) is 0 Å². The molecule has 0 bridgehead atoms. The SMILES string of the molecule is CC(CN(C(=O)CCCc1nc2ccccc2c(=O)[nH]1)C1CC1)C(=O)O. The van der Waals surface area contributed by atoms with E-state index >= 15 is 0 Å². The highest BCUT2D eigenvalue weighted by molar-refractivity contribution is 5.78. The lowest BCUT2D eigenvalue weighted by Crippen LogP contribution is -2.38. The minimum absolute atomic E-state index is 0.0243. The molecule has 1 aromatic heterocycles. The summed E-state index contributed by atoms with van der Waals surface area (Å²) in [5, 5.41) is 9.62. The van der Waals surface area contributed by atoms with E-state index in [0.29, 0.717) is 36.0 Å². The van der Waals surface area contributed by atoms with Crippen LogP contribution in [0, 0.1) is 5.92 Å². The van der Waals surface area contributed by atoms with Crippen LogP contribution in [0.5, 0.6) is 0 Å². The molecule has 1 unspecified atom stereocenters. The molecule has 1 amide bonds. The van der Waals surface area contributed by atoms with Gasteiger partial charge in [0.05, 0.1) is 16.8 Å². The molecule has 0 saturated heterocycles. The molecule has 0 radical (unpaired) electrons. The molecule has 26 heavy (non-hydrogen) atoms. The smallest absolute Gasteiger partial charge is 0.308 e. The van der Waals surface area contributed by atoms with Gasteiger partial charge in [-0.1, -0.05) is 19.1 Å². The molecule has 2 aromatic rings. The first-order valence-electron chi connectivity index (χ1n) is 8.96. The number of benzene rings is 1. The highest BCUT2D eigenvalue weighted by atomic mass is 16.4. The van der Waals surface area contributed by atoms with Crippen LogP contribution in [0.25, 0.3) is 10.9 Å². The number of nitrogens with zero attached hydrogens (tertiary/aromatic N) is 2. The van der Waals surface area contributed by atoms with E-state index in [0.717, 1.165) is 12.8 Å². The number of carbonyl (C=O) groups excluding carboxylic acids is 1. The first kappa shape index (κ1) is 18.1. The zero-order valence-electron chi connectivity index (χ0n) is 14.8. The highest BCUT2D eigenvalue weighted by Crippen LogP contribution is 2.28. The van der Waals surface area contributed by atoms with Gasteiger partial charge in [0.15, 0.2) is 0 Å². The lowest BCUT2D eigenvalue weighted by Gasteiger charge is -2.24. The Morgan fingerprint density at radius 3 is 2.77 bits per heavy atom. The van der Waals surface area contributed by atoms with Gasteiger partial charge in [0, 0.05) is 25.4 Å². The molecule has 7 heteroatoms. The Labute approximate surface area is 151 Å². The predicted octanol–water partition coefficient (Wildman–Crippen LogP) is 1.96. The minimum atomic E-state index is -0.888. The number of carboxylic acid groups (broad SMARTS) is 1. The Morgan fingerprint density at radius 1 is 1.35 bits per heavy atom. The summed E-state index contributed by atoms with van der Waals surface area (Å²) in [7, 11) is 0. The summed E-state index contributed by atoms with van der Waals surface area (Å²) in [4.78, 5) is 44.5. The first-order chi connectivity index (χ1) is 12.5. The molecule has 1 aromatic carbocycles. The summed E-state index contributed by atoms with van der Waals surface area (Å²) in [6.07, 6.45) is 3.26. The largest absolute Gasteiger partial charge is 0.481 e. The number of aryl methyl sites for hydroxylation is 1. The van der Waals surface area contributed by atoms with E-state index in [1.807, 2.05) is 6.07 Å². The quantitative estimate of drug-likeness (QED) is 0.752. The molecule has 1 aliphatic carbocycles. The fourth-order valence-electron chi connectivity index (χ4n) is 3.02. The molecule has 1 fully saturated rings. The number of rotatable bonds is 8. The van der Waals surface area contributed by atoms with Crippen LogP contribution >= 0.6 is 0 Å². The van der Waals surface area contributed by atoms with E-state index < -0.39 is 11.9 Å². The fourth-order valence-corrected chi connectivity index (χ4v) is 3.02. The molecule has 3 rings (SSSR count). The molecule has 1 aliphatic rings. The van der Waals surface area contributed by atoms with Crippen LogP contribution in [-0.2, 0) is 16.0 Å². The average Bonchev–Trinajstić information content (AvgIpc) is 3.44. The Balaban J connectivity index is 1.59.